The van der Waals surface area contributed by atoms with Gasteiger partial charge in [-0.1, -0.05) is 66.4 Å². The first-order chi connectivity index (χ1) is 14.7. The minimum absolute atomic E-state index is 0.179. The second-order valence-electron chi connectivity index (χ2n) is 6.59. The lowest BCUT2D eigenvalue weighted by molar-refractivity contribution is -0.118. The molecule has 0 bridgehead atoms. The SMILES string of the molecule is O=C(CSc1nc2ccccc2n1Cc1ccccc1)N/N=C/c1ccc(F)cc1. The Morgan fingerprint density at radius 1 is 1.03 bits per heavy atom. The molecule has 1 amide bonds. The number of nitrogens with one attached hydrogen (secondary N) is 1. The third kappa shape index (κ3) is 4.93. The molecule has 4 aromatic rings. The Morgan fingerprint density at radius 3 is 2.57 bits per heavy atom. The van der Waals surface area contributed by atoms with Crippen LogP contribution in [-0.4, -0.2) is 27.4 Å². The van der Waals surface area contributed by atoms with E-state index in [0.717, 1.165) is 21.8 Å². The van der Waals surface area contributed by atoms with E-state index in [0.29, 0.717) is 12.1 Å². The number of carbonyl (C=O) groups excluding carboxylic acids is 1. The molecule has 0 unspecified atom stereocenters. The van der Waals surface area contributed by atoms with E-state index in [9.17, 15) is 9.18 Å². The molecule has 0 aliphatic heterocycles. The molecular formula is C23H19FN4OS. The number of amides is 1. The first kappa shape index (κ1) is 19.8. The van der Waals surface area contributed by atoms with Gasteiger partial charge in [0.25, 0.3) is 5.91 Å². The Bertz CT molecular complexity index is 1170. The maximum absolute atomic E-state index is 12.9. The summed E-state index contributed by atoms with van der Waals surface area (Å²) in [6.07, 6.45) is 1.48. The third-order valence-electron chi connectivity index (χ3n) is 4.41. The van der Waals surface area contributed by atoms with Gasteiger partial charge in [0.15, 0.2) is 5.16 Å². The number of nitrogens with zero attached hydrogens (tertiary/aromatic N) is 3. The quantitative estimate of drug-likeness (QED) is 0.274. The van der Waals surface area contributed by atoms with Crippen LogP contribution in [0.3, 0.4) is 0 Å². The van der Waals surface area contributed by atoms with Gasteiger partial charge in [0, 0.05) is 0 Å². The predicted molar refractivity (Wildman–Crippen MR) is 118 cm³/mol. The number of hydrogen-bond donors (Lipinski definition) is 1. The molecule has 0 saturated carbocycles. The molecule has 0 aliphatic rings. The third-order valence-corrected chi connectivity index (χ3v) is 5.38. The molecule has 4 rings (SSSR count). The Morgan fingerprint density at radius 2 is 1.77 bits per heavy atom. The van der Waals surface area contributed by atoms with Gasteiger partial charge in [0.1, 0.15) is 5.82 Å². The van der Waals surface area contributed by atoms with Crippen LogP contribution in [0.5, 0.6) is 0 Å². The fourth-order valence-electron chi connectivity index (χ4n) is 2.97. The molecule has 1 aromatic heterocycles. The first-order valence-electron chi connectivity index (χ1n) is 9.38. The molecule has 5 nitrogen and oxygen atoms in total. The van der Waals surface area contributed by atoms with Crippen LogP contribution in [0.2, 0.25) is 0 Å². The Kier molecular flexibility index (Phi) is 6.20. The summed E-state index contributed by atoms with van der Waals surface area (Å²) in [5, 5.41) is 4.70. The summed E-state index contributed by atoms with van der Waals surface area (Å²) < 4.78 is 15.0. The summed E-state index contributed by atoms with van der Waals surface area (Å²) in [6, 6.07) is 23.9. The minimum atomic E-state index is -0.314. The summed E-state index contributed by atoms with van der Waals surface area (Å²) >= 11 is 1.36. The fraction of sp³-hybridized carbons (Fsp3) is 0.0870. The van der Waals surface area contributed by atoms with Crippen LogP contribution in [0.15, 0.2) is 89.1 Å². The second kappa shape index (κ2) is 9.37. The van der Waals surface area contributed by atoms with Gasteiger partial charge >= 0.3 is 0 Å². The van der Waals surface area contributed by atoms with E-state index in [1.54, 1.807) is 12.1 Å². The standard InChI is InChI=1S/C23H19FN4OS/c24-19-12-10-17(11-13-19)14-25-27-22(29)16-30-23-26-20-8-4-5-9-21(20)28(23)15-18-6-2-1-3-7-18/h1-14H,15-16H2,(H,27,29)/b25-14+. The van der Waals surface area contributed by atoms with Gasteiger partial charge in [0.05, 0.1) is 29.5 Å². The van der Waals surface area contributed by atoms with Gasteiger partial charge in [-0.2, -0.15) is 5.10 Å². The molecule has 1 heterocycles. The van der Waals surface area contributed by atoms with Crippen molar-refractivity contribution in [2.45, 2.75) is 11.7 Å². The normalized spacial score (nSPS) is 11.2. The number of benzene rings is 3. The van der Waals surface area contributed by atoms with Crippen LogP contribution in [0.1, 0.15) is 11.1 Å². The lowest BCUT2D eigenvalue weighted by Crippen LogP contribution is -2.20. The average molecular weight is 418 g/mol. The summed E-state index contributed by atoms with van der Waals surface area (Å²) in [4.78, 5) is 16.9. The number of carbonyl (C=O) groups is 1. The smallest absolute Gasteiger partial charge is 0.250 e. The van der Waals surface area contributed by atoms with E-state index < -0.39 is 0 Å². The lowest BCUT2D eigenvalue weighted by Gasteiger charge is -2.09. The molecule has 30 heavy (non-hydrogen) atoms. The van der Waals surface area contributed by atoms with Crippen LogP contribution in [0.25, 0.3) is 11.0 Å². The van der Waals surface area contributed by atoms with Crippen molar-refractivity contribution >= 4 is 34.9 Å². The predicted octanol–water partition coefficient (Wildman–Crippen LogP) is 4.47. The van der Waals surface area contributed by atoms with E-state index in [4.69, 9.17) is 0 Å². The molecule has 0 atom stereocenters. The summed E-state index contributed by atoms with van der Waals surface area (Å²) in [5.41, 5.74) is 6.28. The van der Waals surface area contributed by atoms with Crippen LogP contribution in [0.4, 0.5) is 4.39 Å². The number of rotatable bonds is 7. The van der Waals surface area contributed by atoms with Crippen LogP contribution in [-0.2, 0) is 11.3 Å². The van der Waals surface area contributed by atoms with Gasteiger partial charge in [-0.3, -0.25) is 4.79 Å². The highest BCUT2D eigenvalue weighted by Crippen LogP contribution is 2.25. The molecule has 150 valence electrons. The van der Waals surface area contributed by atoms with Crippen molar-refractivity contribution in [1.82, 2.24) is 15.0 Å². The molecule has 7 heteroatoms. The molecule has 0 aliphatic carbocycles. The van der Waals surface area contributed by atoms with Crippen molar-refractivity contribution in [3.63, 3.8) is 0 Å². The van der Waals surface area contributed by atoms with Gasteiger partial charge in [0.2, 0.25) is 0 Å². The van der Waals surface area contributed by atoms with Crippen molar-refractivity contribution in [3.05, 3.63) is 95.8 Å². The number of hydrogen-bond acceptors (Lipinski definition) is 4. The van der Waals surface area contributed by atoms with E-state index in [1.807, 2.05) is 42.5 Å². The second-order valence-corrected chi connectivity index (χ2v) is 7.53. The number of halogens is 1. The van der Waals surface area contributed by atoms with Gasteiger partial charge in [-0.15, -0.1) is 0 Å². The fourth-order valence-corrected chi connectivity index (χ4v) is 3.78. The average Bonchev–Trinajstić information content (AvgIpc) is 3.12. The van der Waals surface area contributed by atoms with Crippen LogP contribution in [0, 0.1) is 5.82 Å². The summed E-state index contributed by atoms with van der Waals surface area (Å²) in [6.45, 7) is 0.675. The van der Waals surface area contributed by atoms with E-state index in [2.05, 4.69) is 32.2 Å². The molecule has 3 aromatic carbocycles. The minimum Gasteiger partial charge on any atom is -0.314 e. The molecule has 1 N–H and O–H groups in total. The zero-order valence-electron chi connectivity index (χ0n) is 16.0. The van der Waals surface area contributed by atoms with E-state index in [1.165, 1.54) is 30.1 Å². The van der Waals surface area contributed by atoms with E-state index >= 15 is 0 Å². The highest BCUT2D eigenvalue weighted by atomic mass is 32.2. The Balaban J connectivity index is 1.43. The van der Waals surface area contributed by atoms with Crippen molar-refractivity contribution in [3.8, 4) is 0 Å². The first-order valence-corrected chi connectivity index (χ1v) is 10.4. The zero-order chi connectivity index (χ0) is 20.8. The van der Waals surface area contributed by atoms with Gasteiger partial charge in [-0.25, -0.2) is 14.8 Å². The van der Waals surface area contributed by atoms with E-state index in [-0.39, 0.29) is 17.5 Å². The molecule has 0 spiro atoms. The highest BCUT2D eigenvalue weighted by molar-refractivity contribution is 7.99. The maximum atomic E-state index is 12.9. The Hall–Kier alpha value is -3.45. The van der Waals surface area contributed by atoms with Crippen LogP contribution >= 0.6 is 11.8 Å². The number of thioether (sulfide) groups is 1. The van der Waals surface area contributed by atoms with Gasteiger partial charge < -0.3 is 4.57 Å². The topological polar surface area (TPSA) is 59.3 Å². The Labute approximate surface area is 177 Å². The van der Waals surface area contributed by atoms with Crippen LogP contribution < -0.4 is 5.43 Å². The number of imidazole rings is 1. The van der Waals surface area contributed by atoms with Crippen molar-refractivity contribution in [2.24, 2.45) is 5.10 Å². The number of para-hydroxylation sites is 2. The number of hydrazone groups is 1. The van der Waals surface area contributed by atoms with Crippen molar-refractivity contribution in [1.29, 1.82) is 0 Å². The number of fused-ring (bicyclic) bond motifs is 1. The molecule has 0 saturated heterocycles. The molecular weight excluding hydrogens is 399 g/mol. The monoisotopic (exact) mass is 418 g/mol. The molecule has 0 fully saturated rings. The molecule has 0 radical (unpaired) electrons. The number of aromatic nitrogens is 2. The summed E-state index contributed by atoms with van der Waals surface area (Å²) in [5.74, 6) is -0.374. The van der Waals surface area contributed by atoms with Gasteiger partial charge in [-0.05, 0) is 35.4 Å². The van der Waals surface area contributed by atoms with Crippen molar-refractivity contribution in [2.75, 3.05) is 5.75 Å². The zero-order valence-corrected chi connectivity index (χ0v) is 16.8. The van der Waals surface area contributed by atoms with Crippen molar-refractivity contribution < 1.29 is 9.18 Å². The lowest BCUT2D eigenvalue weighted by atomic mass is 10.2. The highest BCUT2D eigenvalue weighted by Gasteiger charge is 2.13. The largest absolute Gasteiger partial charge is 0.314 e. The maximum Gasteiger partial charge on any atom is 0.250 e. The summed E-state index contributed by atoms with van der Waals surface area (Å²) in [7, 11) is 0.